The van der Waals surface area contributed by atoms with Crippen LogP contribution in [0.2, 0.25) is 0 Å². The highest BCUT2D eigenvalue weighted by molar-refractivity contribution is 7.93. The number of rotatable bonds is 4. The zero-order chi connectivity index (χ0) is 18.8. The molecule has 1 aromatic rings. The number of nitrogens with one attached hydrogen (secondary N) is 1. The number of likely N-dealkylation sites (N-methyl/N-ethyl adjacent to an activating group) is 1. The quantitative estimate of drug-likeness (QED) is 0.867. The van der Waals surface area contributed by atoms with Gasteiger partial charge in [0.15, 0.2) is 0 Å². The van der Waals surface area contributed by atoms with E-state index in [0.717, 1.165) is 0 Å². The fraction of sp³-hybridized carbons (Fsp3) is 0.529. The van der Waals surface area contributed by atoms with Gasteiger partial charge in [-0.3, -0.25) is 13.9 Å². The number of carbonyl (C=O) groups excluding carboxylic acids is 2. The number of amides is 2. The molecule has 1 saturated heterocycles. The predicted molar refractivity (Wildman–Crippen MR) is 97.0 cm³/mol. The molecule has 2 rings (SSSR count). The second-order valence-electron chi connectivity index (χ2n) is 7.25. The summed E-state index contributed by atoms with van der Waals surface area (Å²) >= 11 is 0. The molecule has 138 valence electrons. The molecule has 1 aliphatic heterocycles. The summed E-state index contributed by atoms with van der Waals surface area (Å²) in [4.78, 5) is 25.7. The minimum absolute atomic E-state index is 0.0433. The second-order valence-corrected chi connectivity index (χ2v) is 9.26. The number of sulfonamides is 1. The van der Waals surface area contributed by atoms with Gasteiger partial charge in [-0.05, 0) is 51.5 Å². The Labute approximate surface area is 149 Å². The van der Waals surface area contributed by atoms with Gasteiger partial charge in [0.2, 0.25) is 15.9 Å². The molecular weight excluding hydrogens is 342 g/mol. The molecule has 0 radical (unpaired) electrons. The molecule has 0 spiro atoms. The van der Waals surface area contributed by atoms with Crippen LogP contribution >= 0.6 is 0 Å². The molecule has 1 heterocycles. The van der Waals surface area contributed by atoms with Crippen molar-refractivity contribution in [1.82, 2.24) is 10.2 Å². The van der Waals surface area contributed by atoms with Crippen molar-refractivity contribution in [2.45, 2.75) is 32.7 Å². The molecule has 8 heteroatoms. The zero-order valence-electron chi connectivity index (χ0n) is 15.1. The minimum atomic E-state index is -3.24. The van der Waals surface area contributed by atoms with Crippen LogP contribution in [-0.2, 0) is 14.8 Å². The molecule has 0 saturated carbocycles. The van der Waals surface area contributed by atoms with Gasteiger partial charge >= 0.3 is 0 Å². The van der Waals surface area contributed by atoms with Gasteiger partial charge in [-0.1, -0.05) is 0 Å². The number of anilines is 1. The van der Waals surface area contributed by atoms with Crippen LogP contribution in [0.25, 0.3) is 0 Å². The highest BCUT2D eigenvalue weighted by atomic mass is 32.2. The first kappa shape index (κ1) is 19.2. The van der Waals surface area contributed by atoms with Crippen LogP contribution in [0.3, 0.4) is 0 Å². The molecule has 7 nitrogen and oxygen atoms in total. The first-order chi connectivity index (χ1) is 11.5. The van der Waals surface area contributed by atoms with Crippen molar-refractivity contribution < 1.29 is 18.0 Å². The molecule has 0 aromatic heterocycles. The van der Waals surface area contributed by atoms with Gasteiger partial charge in [-0.15, -0.1) is 0 Å². The van der Waals surface area contributed by atoms with Crippen LogP contribution in [0.15, 0.2) is 24.3 Å². The predicted octanol–water partition coefficient (Wildman–Crippen LogP) is 1.21. The van der Waals surface area contributed by atoms with Crippen molar-refractivity contribution in [3.05, 3.63) is 29.8 Å². The van der Waals surface area contributed by atoms with Crippen molar-refractivity contribution in [2.75, 3.05) is 30.2 Å². The lowest BCUT2D eigenvalue weighted by Gasteiger charge is -2.23. The number of hydrogen-bond acceptors (Lipinski definition) is 4. The topological polar surface area (TPSA) is 86.8 Å². The minimum Gasteiger partial charge on any atom is -0.350 e. The van der Waals surface area contributed by atoms with Crippen LogP contribution in [0.4, 0.5) is 5.69 Å². The van der Waals surface area contributed by atoms with E-state index in [4.69, 9.17) is 0 Å². The molecule has 2 amide bonds. The largest absolute Gasteiger partial charge is 0.350 e. The molecule has 1 N–H and O–H groups in total. The molecule has 25 heavy (non-hydrogen) atoms. The van der Waals surface area contributed by atoms with Gasteiger partial charge in [0.05, 0.1) is 18.0 Å². The highest BCUT2D eigenvalue weighted by Crippen LogP contribution is 2.24. The van der Waals surface area contributed by atoms with Crippen molar-refractivity contribution in [1.29, 1.82) is 0 Å². The fourth-order valence-corrected chi connectivity index (χ4v) is 4.23. The SMILES string of the molecule is CN(CC(=O)NC(C)(C)C)C(=O)c1ccc(N2CCCS2(=O)=O)cc1. The highest BCUT2D eigenvalue weighted by Gasteiger charge is 2.28. The molecule has 0 aliphatic carbocycles. The lowest BCUT2D eigenvalue weighted by molar-refractivity contribution is -0.122. The van der Waals surface area contributed by atoms with E-state index in [1.54, 1.807) is 31.3 Å². The first-order valence-corrected chi connectivity index (χ1v) is 9.77. The smallest absolute Gasteiger partial charge is 0.254 e. The number of carbonyl (C=O) groups is 2. The standard InChI is InChI=1S/C17H25N3O4S/c1-17(2,3)18-15(21)12-19(4)16(22)13-6-8-14(9-7-13)20-10-5-11-25(20,23)24/h6-9H,5,10-12H2,1-4H3,(H,18,21). The molecule has 0 atom stereocenters. The normalized spacial score (nSPS) is 16.6. The summed E-state index contributed by atoms with van der Waals surface area (Å²) in [6.07, 6.45) is 0.606. The van der Waals surface area contributed by atoms with E-state index in [-0.39, 0.29) is 29.7 Å². The van der Waals surface area contributed by atoms with E-state index < -0.39 is 10.0 Å². The number of hydrogen-bond donors (Lipinski definition) is 1. The van der Waals surface area contributed by atoms with Gasteiger partial charge in [0, 0.05) is 24.7 Å². The van der Waals surface area contributed by atoms with Crippen molar-refractivity contribution in [3.63, 3.8) is 0 Å². The summed E-state index contributed by atoms with van der Waals surface area (Å²) in [6.45, 7) is 6.04. The van der Waals surface area contributed by atoms with Crippen LogP contribution in [0, 0.1) is 0 Å². The summed E-state index contributed by atoms with van der Waals surface area (Å²) in [5.74, 6) is -0.373. The van der Waals surface area contributed by atoms with Crippen LogP contribution in [0.5, 0.6) is 0 Å². The van der Waals surface area contributed by atoms with Gasteiger partial charge in [0.1, 0.15) is 0 Å². The molecule has 0 unspecified atom stereocenters. The maximum Gasteiger partial charge on any atom is 0.254 e. The summed E-state index contributed by atoms with van der Waals surface area (Å²) in [7, 11) is -1.68. The zero-order valence-corrected chi connectivity index (χ0v) is 15.9. The first-order valence-electron chi connectivity index (χ1n) is 8.16. The molecular formula is C17H25N3O4S. The van der Waals surface area contributed by atoms with Crippen molar-refractivity contribution in [2.24, 2.45) is 0 Å². The van der Waals surface area contributed by atoms with Gasteiger partial charge in [0.25, 0.3) is 5.91 Å². The number of benzene rings is 1. The van der Waals surface area contributed by atoms with Crippen LogP contribution in [0.1, 0.15) is 37.6 Å². The third-order valence-corrected chi connectivity index (χ3v) is 5.61. The Kier molecular flexibility index (Phi) is 5.41. The van der Waals surface area contributed by atoms with E-state index in [9.17, 15) is 18.0 Å². The van der Waals surface area contributed by atoms with Crippen molar-refractivity contribution in [3.8, 4) is 0 Å². The second kappa shape index (κ2) is 7.03. The third kappa shape index (κ3) is 4.94. The van der Waals surface area contributed by atoms with Gasteiger partial charge in [-0.2, -0.15) is 0 Å². The average Bonchev–Trinajstić information content (AvgIpc) is 2.84. The molecule has 1 aliphatic rings. The Balaban J connectivity index is 2.04. The molecule has 1 fully saturated rings. The number of nitrogens with zero attached hydrogens (tertiary/aromatic N) is 2. The maximum atomic E-state index is 12.4. The van der Waals surface area contributed by atoms with E-state index >= 15 is 0 Å². The Hall–Kier alpha value is -2.09. The van der Waals surface area contributed by atoms with E-state index in [2.05, 4.69) is 5.32 Å². The van der Waals surface area contributed by atoms with Gasteiger partial charge < -0.3 is 10.2 Å². The third-order valence-electron chi connectivity index (χ3n) is 3.74. The summed E-state index contributed by atoms with van der Waals surface area (Å²) in [5.41, 5.74) is 0.609. The van der Waals surface area contributed by atoms with Crippen molar-refractivity contribution >= 4 is 27.5 Å². The lowest BCUT2D eigenvalue weighted by Crippen LogP contribution is -2.46. The summed E-state index contributed by atoms with van der Waals surface area (Å²) < 4.78 is 25.2. The summed E-state index contributed by atoms with van der Waals surface area (Å²) in [6, 6.07) is 6.42. The Morgan fingerprint density at radius 1 is 1.20 bits per heavy atom. The monoisotopic (exact) mass is 367 g/mol. The van der Waals surface area contributed by atoms with Crippen LogP contribution < -0.4 is 9.62 Å². The van der Waals surface area contributed by atoms with E-state index in [1.807, 2.05) is 20.8 Å². The fourth-order valence-electron chi connectivity index (χ4n) is 2.67. The van der Waals surface area contributed by atoms with Crippen LogP contribution in [-0.4, -0.2) is 56.6 Å². The molecule has 1 aromatic carbocycles. The Bertz CT molecular complexity index is 751. The Morgan fingerprint density at radius 3 is 2.28 bits per heavy atom. The lowest BCUT2D eigenvalue weighted by atomic mass is 10.1. The van der Waals surface area contributed by atoms with E-state index in [0.29, 0.717) is 24.2 Å². The summed E-state index contributed by atoms with van der Waals surface area (Å²) in [5, 5.41) is 2.81. The maximum absolute atomic E-state index is 12.4. The average molecular weight is 367 g/mol. The van der Waals surface area contributed by atoms with E-state index in [1.165, 1.54) is 9.21 Å². The van der Waals surface area contributed by atoms with Gasteiger partial charge in [-0.25, -0.2) is 8.42 Å². The Morgan fingerprint density at radius 2 is 1.80 bits per heavy atom. The molecule has 0 bridgehead atoms.